The summed E-state index contributed by atoms with van der Waals surface area (Å²) in [6, 6.07) is 10.3. The third kappa shape index (κ3) is 3.75. The number of piperazine rings is 1. The first-order valence-electron chi connectivity index (χ1n) is 12.4. The quantitative estimate of drug-likeness (QED) is 0.623. The van der Waals surface area contributed by atoms with Crippen molar-refractivity contribution >= 4 is 11.6 Å². The fourth-order valence-corrected chi connectivity index (χ4v) is 6.34. The van der Waals surface area contributed by atoms with Crippen molar-refractivity contribution in [1.29, 1.82) is 0 Å². The minimum atomic E-state index is -1.47. The molecule has 4 nitrogen and oxygen atoms in total. The summed E-state index contributed by atoms with van der Waals surface area (Å²) in [5, 5.41) is 0. The number of rotatable bonds is 4. The van der Waals surface area contributed by atoms with Crippen molar-refractivity contribution in [3.8, 4) is 0 Å². The predicted octanol–water partition coefficient (Wildman–Crippen LogP) is 4.91. The van der Waals surface area contributed by atoms with Crippen molar-refractivity contribution in [1.82, 2.24) is 9.80 Å². The van der Waals surface area contributed by atoms with Gasteiger partial charge in [0.05, 0.1) is 5.56 Å². The van der Waals surface area contributed by atoms with Gasteiger partial charge >= 0.3 is 0 Å². The van der Waals surface area contributed by atoms with E-state index in [9.17, 15) is 14.0 Å². The SMILES string of the molecule is Cc1cc(C)cc(C2(N3CCN(CC4CCCCC4)CC3)C(=O)c3cccc(F)c3C2=O)c1. The number of benzene rings is 2. The van der Waals surface area contributed by atoms with Crippen LogP contribution in [0, 0.1) is 25.6 Å². The normalized spacial score (nSPS) is 24.9. The van der Waals surface area contributed by atoms with Crippen LogP contribution in [0.15, 0.2) is 36.4 Å². The number of hydrogen-bond donors (Lipinski definition) is 0. The van der Waals surface area contributed by atoms with Gasteiger partial charge in [0.15, 0.2) is 17.1 Å². The van der Waals surface area contributed by atoms with Gasteiger partial charge in [-0.1, -0.05) is 60.7 Å². The van der Waals surface area contributed by atoms with E-state index < -0.39 is 17.1 Å². The topological polar surface area (TPSA) is 40.6 Å². The molecule has 0 bridgehead atoms. The number of nitrogens with zero attached hydrogens (tertiary/aromatic N) is 2. The summed E-state index contributed by atoms with van der Waals surface area (Å²) in [6.45, 7) is 7.93. The molecule has 0 aromatic heterocycles. The lowest BCUT2D eigenvalue weighted by molar-refractivity contribution is 0.0255. The van der Waals surface area contributed by atoms with Gasteiger partial charge in [0, 0.05) is 38.3 Å². The fraction of sp³-hybridized carbons (Fsp3) is 0.500. The highest BCUT2D eigenvalue weighted by atomic mass is 19.1. The van der Waals surface area contributed by atoms with Crippen LogP contribution < -0.4 is 0 Å². The van der Waals surface area contributed by atoms with Gasteiger partial charge in [0.1, 0.15) is 5.82 Å². The number of fused-ring (bicyclic) bond motifs is 1. The maximum atomic E-state index is 14.8. The van der Waals surface area contributed by atoms with Gasteiger partial charge in [-0.15, -0.1) is 0 Å². The standard InChI is InChI=1S/C28H33FN2O2/c1-19-15-20(2)17-22(16-19)28(26(32)23-9-6-10-24(29)25(23)27(28)33)31-13-11-30(12-14-31)18-21-7-4-3-5-8-21/h6,9-10,15-17,21H,3-5,7-8,11-14,18H2,1-2H3. The number of aryl methyl sites for hydroxylation is 2. The Kier molecular flexibility index (Phi) is 5.96. The molecule has 1 saturated carbocycles. The number of Topliss-reactive ketones (excluding diaryl/α,β-unsaturated/α-hetero) is 2. The maximum absolute atomic E-state index is 14.8. The van der Waals surface area contributed by atoms with E-state index in [0.29, 0.717) is 18.7 Å². The molecule has 2 aromatic rings. The van der Waals surface area contributed by atoms with Crippen LogP contribution in [0.25, 0.3) is 0 Å². The first kappa shape index (κ1) is 22.4. The van der Waals surface area contributed by atoms with Crippen LogP contribution in [0.1, 0.15) is 69.5 Å². The van der Waals surface area contributed by atoms with Gasteiger partial charge in [-0.25, -0.2) is 4.39 Å². The minimum Gasteiger partial charge on any atom is -0.301 e. The summed E-state index contributed by atoms with van der Waals surface area (Å²) < 4.78 is 14.8. The summed E-state index contributed by atoms with van der Waals surface area (Å²) in [5.74, 6) is -0.543. The number of carbonyl (C=O) groups is 2. The smallest absolute Gasteiger partial charge is 0.199 e. The van der Waals surface area contributed by atoms with Crippen molar-refractivity contribution in [2.75, 3.05) is 32.7 Å². The fourth-order valence-electron chi connectivity index (χ4n) is 6.34. The molecule has 3 aliphatic rings. The summed E-state index contributed by atoms with van der Waals surface area (Å²) >= 11 is 0. The first-order valence-corrected chi connectivity index (χ1v) is 12.4. The van der Waals surface area contributed by atoms with E-state index in [4.69, 9.17) is 0 Å². The van der Waals surface area contributed by atoms with Gasteiger partial charge < -0.3 is 4.90 Å². The second kappa shape index (κ2) is 8.77. The Morgan fingerprint density at radius 3 is 2.21 bits per heavy atom. The van der Waals surface area contributed by atoms with Gasteiger partial charge in [-0.3, -0.25) is 14.5 Å². The van der Waals surface area contributed by atoms with Crippen LogP contribution in [0.4, 0.5) is 4.39 Å². The average Bonchev–Trinajstić information content (AvgIpc) is 3.03. The highest BCUT2D eigenvalue weighted by molar-refractivity contribution is 6.33. The van der Waals surface area contributed by atoms with Crippen molar-refractivity contribution in [3.05, 3.63) is 70.0 Å². The number of halogens is 1. The second-order valence-electron chi connectivity index (χ2n) is 10.2. The average molecular weight is 449 g/mol. The second-order valence-corrected chi connectivity index (χ2v) is 10.2. The van der Waals surface area contributed by atoms with Gasteiger partial charge in [-0.05, 0) is 44.2 Å². The molecule has 0 amide bonds. The third-order valence-corrected chi connectivity index (χ3v) is 7.87. The highest BCUT2D eigenvalue weighted by Gasteiger charge is 2.59. The lowest BCUT2D eigenvalue weighted by Gasteiger charge is -2.45. The monoisotopic (exact) mass is 448 g/mol. The molecule has 5 rings (SSSR count). The largest absolute Gasteiger partial charge is 0.301 e. The van der Waals surface area contributed by atoms with Crippen LogP contribution in [0.3, 0.4) is 0 Å². The Morgan fingerprint density at radius 2 is 1.58 bits per heavy atom. The van der Waals surface area contributed by atoms with Gasteiger partial charge in [0.25, 0.3) is 0 Å². The molecular weight excluding hydrogens is 415 g/mol. The van der Waals surface area contributed by atoms with Crippen LogP contribution >= 0.6 is 0 Å². The molecular formula is C28H33FN2O2. The summed E-state index contributed by atoms with van der Waals surface area (Å²) in [4.78, 5) is 32.4. The molecule has 1 aliphatic heterocycles. The maximum Gasteiger partial charge on any atom is 0.199 e. The lowest BCUT2D eigenvalue weighted by atomic mass is 9.81. The van der Waals surface area contributed by atoms with E-state index in [-0.39, 0.29) is 16.9 Å². The van der Waals surface area contributed by atoms with E-state index >= 15 is 0 Å². The van der Waals surface area contributed by atoms with Crippen molar-refractivity contribution in [2.24, 2.45) is 5.92 Å². The molecule has 2 aromatic carbocycles. The van der Waals surface area contributed by atoms with Gasteiger partial charge in [0.2, 0.25) is 0 Å². The third-order valence-electron chi connectivity index (χ3n) is 7.87. The molecule has 1 saturated heterocycles. The van der Waals surface area contributed by atoms with Crippen LogP contribution in [-0.2, 0) is 5.54 Å². The Labute approximate surface area is 195 Å². The molecule has 1 atom stereocenters. The molecule has 2 fully saturated rings. The number of ketones is 2. The molecule has 5 heteroatoms. The first-order chi connectivity index (χ1) is 15.9. The van der Waals surface area contributed by atoms with Crippen LogP contribution in [0.2, 0.25) is 0 Å². The molecule has 1 heterocycles. The Balaban J connectivity index is 1.50. The van der Waals surface area contributed by atoms with Crippen molar-refractivity contribution in [3.63, 3.8) is 0 Å². The molecule has 174 valence electrons. The lowest BCUT2D eigenvalue weighted by Crippen LogP contribution is -2.60. The van der Waals surface area contributed by atoms with E-state index in [2.05, 4.69) is 4.90 Å². The molecule has 1 unspecified atom stereocenters. The molecule has 0 radical (unpaired) electrons. The molecule has 0 spiro atoms. The van der Waals surface area contributed by atoms with Crippen LogP contribution in [-0.4, -0.2) is 54.1 Å². The zero-order valence-corrected chi connectivity index (χ0v) is 19.7. The Bertz CT molecular complexity index is 1060. The zero-order chi connectivity index (χ0) is 23.2. The zero-order valence-electron chi connectivity index (χ0n) is 19.7. The molecule has 2 aliphatic carbocycles. The summed E-state index contributed by atoms with van der Waals surface area (Å²) in [5.41, 5.74) is 1.36. The van der Waals surface area contributed by atoms with Crippen LogP contribution in [0.5, 0.6) is 0 Å². The van der Waals surface area contributed by atoms with E-state index in [1.165, 1.54) is 44.2 Å². The number of carbonyl (C=O) groups excluding carboxylic acids is 2. The summed E-state index contributed by atoms with van der Waals surface area (Å²) in [6.07, 6.45) is 6.61. The summed E-state index contributed by atoms with van der Waals surface area (Å²) in [7, 11) is 0. The predicted molar refractivity (Wildman–Crippen MR) is 127 cm³/mol. The van der Waals surface area contributed by atoms with E-state index in [1.54, 1.807) is 6.07 Å². The Morgan fingerprint density at radius 1 is 0.909 bits per heavy atom. The molecule has 33 heavy (non-hydrogen) atoms. The Hall–Kier alpha value is -2.37. The van der Waals surface area contributed by atoms with E-state index in [0.717, 1.165) is 36.7 Å². The van der Waals surface area contributed by atoms with Gasteiger partial charge in [-0.2, -0.15) is 0 Å². The molecule has 0 N–H and O–H groups in total. The minimum absolute atomic E-state index is 0.0497. The van der Waals surface area contributed by atoms with Crippen molar-refractivity contribution in [2.45, 2.75) is 51.5 Å². The van der Waals surface area contributed by atoms with Crippen molar-refractivity contribution < 1.29 is 14.0 Å². The highest BCUT2D eigenvalue weighted by Crippen LogP contribution is 2.44. The van der Waals surface area contributed by atoms with E-state index in [1.807, 2.05) is 36.9 Å². The number of hydrogen-bond acceptors (Lipinski definition) is 4.